The Morgan fingerprint density at radius 2 is 1.15 bits per heavy atom. The van der Waals surface area contributed by atoms with Gasteiger partial charge in [0.15, 0.2) is 23.0 Å². The van der Waals surface area contributed by atoms with Gasteiger partial charge in [-0.05, 0) is 25.0 Å². The lowest BCUT2D eigenvalue weighted by molar-refractivity contribution is 0.290. The molecule has 5 heteroatoms. The number of unbranched alkanes of at least 4 members (excludes halogenated alkanes) is 4. The lowest BCUT2D eigenvalue weighted by Gasteiger charge is -2.08. The Bertz CT molecular complexity index is 824. The van der Waals surface area contributed by atoms with E-state index >= 15 is 0 Å². The van der Waals surface area contributed by atoms with Gasteiger partial charge in [-0.15, -0.1) is 0 Å². The molecule has 5 nitrogen and oxygen atoms in total. The van der Waals surface area contributed by atoms with Crippen LogP contribution in [0.25, 0.3) is 21.9 Å². The van der Waals surface area contributed by atoms with E-state index < -0.39 is 0 Å². The molecule has 0 aliphatic carbocycles. The van der Waals surface area contributed by atoms with E-state index in [0.29, 0.717) is 35.9 Å². The van der Waals surface area contributed by atoms with Gasteiger partial charge in [-0.25, -0.2) is 0 Å². The summed E-state index contributed by atoms with van der Waals surface area (Å²) in [6.45, 7) is 5.39. The van der Waals surface area contributed by atoms with Gasteiger partial charge in [0.2, 0.25) is 0 Å². The number of phenols is 2. The molecule has 3 rings (SSSR count). The Morgan fingerprint density at radius 1 is 0.704 bits per heavy atom. The van der Waals surface area contributed by atoms with E-state index in [1.165, 1.54) is 0 Å². The van der Waals surface area contributed by atoms with Gasteiger partial charge in [-0.3, -0.25) is 0 Å². The van der Waals surface area contributed by atoms with Gasteiger partial charge < -0.3 is 24.1 Å². The van der Waals surface area contributed by atoms with Gasteiger partial charge in [0.05, 0.1) is 13.2 Å². The zero-order valence-corrected chi connectivity index (χ0v) is 16.1. The van der Waals surface area contributed by atoms with E-state index in [0.717, 1.165) is 49.3 Å². The Morgan fingerprint density at radius 3 is 1.56 bits per heavy atom. The van der Waals surface area contributed by atoms with Crippen LogP contribution in [-0.4, -0.2) is 23.4 Å². The highest BCUT2D eigenvalue weighted by Gasteiger charge is 2.15. The SMILES string of the molecule is CCCCCOc1cc2oc3cc(OCCCCC)c(O)cc3c2cc1O. The predicted molar refractivity (Wildman–Crippen MR) is 107 cm³/mol. The van der Waals surface area contributed by atoms with Gasteiger partial charge in [0, 0.05) is 22.9 Å². The van der Waals surface area contributed by atoms with Crippen molar-refractivity contribution in [2.75, 3.05) is 13.2 Å². The molecular weight excluding hydrogens is 344 g/mol. The van der Waals surface area contributed by atoms with Crippen molar-refractivity contribution < 1.29 is 24.1 Å². The zero-order valence-electron chi connectivity index (χ0n) is 16.1. The molecule has 3 aromatic rings. The monoisotopic (exact) mass is 372 g/mol. The Hall–Kier alpha value is -2.56. The van der Waals surface area contributed by atoms with Crippen LogP contribution in [0.5, 0.6) is 23.0 Å². The van der Waals surface area contributed by atoms with Crippen LogP contribution in [0.2, 0.25) is 0 Å². The smallest absolute Gasteiger partial charge is 0.164 e. The lowest BCUT2D eigenvalue weighted by Crippen LogP contribution is -1.97. The summed E-state index contributed by atoms with van der Waals surface area (Å²) in [5, 5.41) is 22.0. The maximum atomic E-state index is 10.3. The zero-order chi connectivity index (χ0) is 19.2. The molecule has 0 saturated heterocycles. The summed E-state index contributed by atoms with van der Waals surface area (Å²) >= 11 is 0. The second-order valence-electron chi connectivity index (χ2n) is 6.85. The standard InChI is InChI=1S/C22H28O5/c1-3-5-7-9-25-21-13-19-15(11-17(21)23)16-12-18(24)22(14-20(16)27-19)26-10-8-6-4-2/h11-14,23-24H,3-10H2,1-2H3. The minimum Gasteiger partial charge on any atom is -0.504 e. The molecule has 27 heavy (non-hydrogen) atoms. The van der Waals surface area contributed by atoms with Gasteiger partial charge in [-0.1, -0.05) is 39.5 Å². The number of aromatic hydroxyl groups is 2. The van der Waals surface area contributed by atoms with Crippen LogP contribution in [0.15, 0.2) is 28.7 Å². The van der Waals surface area contributed by atoms with Crippen LogP contribution < -0.4 is 9.47 Å². The van der Waals surface area contributed by atoms with Crippen molar-refractivity contribution in [3.63, 3.8) is 0 Å². The number of furan rings is 1. The fraction of sp³-hybridized carbons (Fsp3) is 0.455. The molecule has 0 radical (unpaired) electrons. The van der Waals surface area contributed by atoms with E-state index in [1.54, 1.807) is 24.3 Å². The minimum absolute atomic E-state index is 0.0704. The van der Waals surface area contributed by atoms with Gasteiger partial charge in [-0.2, -0.15) is 0 Å². The topological polar surface area (TPSA) is 72.1 Å². The highest BCUT2D eigenvalue weighted by Crippen LogP contribution is 2.41. The minimum atomic E-state index is 0.0704. The third-order valence-corrected chi connectivity index (χ3v) is 4.64. The molecule has 1 aromatic heterocycles. The highest BCUT2D eigenvalue weighted by atomic mass is 16.5. The first-order valence-electron chi connectivity index (χ1n) is 9.81. The number of phenolic OH excluding ortho intramolecular Hbond substituents is 2. The normalized spacial score (nSPS) is 11.3. The largest absolute Gasteiger partial charge is 0.504 e. The molecule has 2 aromatic carbocycles. The van der Waals surface area contributed by atoms with E-state index in [2.05, 4.69) is 13.8 Å². The molecule has 2 N–H and O–H groups in total. The van der Waals surface area contributed by atoms with Crippen LogP contribution in [0.3, 0.4) is 0 Å². The van der Waals surface area contributed by atoms with Crippen LogP contribution >= 0.6 is 0 Å². The van der Waals surface area contributed by atoms with E-state index in [-0.39, 0.29) is 11.5 Å². The Labute approximate surface area is 159 Å². The van der Waals surface area contributed by atoms with Gasteiger partial charge >= 0.3 is 0 Å². The molecule has 0 saturated carbocycles. The van der Waals surface area contributed by atoms with E-state index in [1.807, 2.05) is 0 Å². The molecule has 0 spiro atoms. The molecule has 0 aliphatic heterocycles. The first-order chi connectivity index (χ1) is 13.1. The number of ether oxygens (including phenoxy) is 2. The molecule has 0 bridgehead atoms. The average Bonchev–Trinajstić information content (AvgIpc) is 2.98. The molecule has 0 atom stereocenters. The van der Waals surface area contributed by atoms with Crippen molar-refractivity contribution in [3.05, 3.63) is 24.3 Å². The summed E-state index contributed by atoms with van der Waals surface area (Å²) in [6, 6.07) is 6.65. The summed E-state index contributed by atoms with van der Waals surface area (Å²) in [6.07, 6.45) is 6.30. The van der Waals surface area contributed by atoms with Gasteiger partial charge in [0.25, 0.3) is 0 Å². The van der Waals surface area contributed by atoms with Crippen molar-refractivity contribution in [3.8, 4) is 23.0 Å². The molecule has 0 fully saturated rings. The van der Waals surface area contributed by atoms with Crippen molar-refractivity contribution in [1.29, 1.82) is 0 Å². The van der Waals surface area contributed by atoms with E-state index in [9.17, 15) is 10.2 Å². The summed E-state index contributed by atoms with van der Waals surface area (Å²) in [4.78, 5) is 0. The lowest BCUT2D eigenvalue weighted by atomic mass is 10.1. The molecule has 0 aliphatic rings. The molecule has 0 unspecified atom stereocenters. The van der Waals surface area contributed by atoms with Gasteiger partial charge in [0.1, 0.15) is 11.2 Å². The van der Waals surface area contributed by atoms with Crippen LogP contribution in [0.1, 0.15) is 52.4 Å². The van der Waals surface area contributed by atoms with Crippen molar-refractivity contribution in [1.82, 2.24) is 0 Å². The van der Waals surface area contributed by atoms with Crippen molar-refractivity contribution in [2.24, 2.45) is 0 Å². The number of rotatable bonds is 10. The maximum Gasteiger partial charge on any atom is 0.164 e. The number of benzene rings is 2. The fourth-order valence-electron chi connectivity index (χ4n) is 3.11. The van der Waals surface area contributed by atoms with E-state index in [4.69, 9.17) is 13.9 Å². The Balaban J connectivity index is 1.86. The maximum absolute atomic E-state index is 10.3. The quantitative estimate of drug-likeness (QED) is 0.419. The third kappa shape index (κ3) is 4.41. The first kappa shape index (κ1) is 19.2. The number of hydrogen-bond acceptors (Lipinski definition) is 5. The van der Waals surface area contributed by atoms with Crippen molar-refractivity contribution >= 4 is 21.9 Å². The molecule has 146 valence electrons. The average molecular weight is 372 g/mol. The first-order valence-corrected chi connectivity index (χ1v) is 9.81. The van der Waals surface area contributed by atoms with Crippen molar-refractivity contribution in [2.45, 2.75) is 52.4 Å². The number of fused-ring (bicyclic) bond motifs is 3. The molecule has 0 amide bonds. The fourth-order valence-corrected chi connectivity index (χ4v) is 3.11. The third-order valence-electron chi connectivity index (χ3n) is 4.64. The number of hydrogen-bond donors (Lipinski definition) is 2. The van der Waals surface area contributed by atoms with Crippen LogP contribution in [0.4, 0.5) is 0 Å². The van der Waals surface area contributed by atoms with Crippen LogP contribution in [0, 0.1) is 0 Å². The summed E-state index contributed by atoms with van der Waals surface area (Å²) < 4.78 is 17.3. The summed E-state index contributed by atoms with van der Waals surface area (Å²) in [5.41, 5.74) is 1.21. The summed E-state index contributed by atoms with van der Waals surface area (Å²) in [5.74, 6) is 0.970. The molecule has 1 heterocycles. The highest BCUT2D eigenvalue weighted by molar-refractivity contribution is 6.07. The predicted octanol–water partition coefficient (Wildman–Crippen LogP) is 6.14. The Kier molecular flexibility index (Phi) is 6.32. The second kappa shape index (κ2) is 8.89. The second-order valence-corrected chi connectivity index (χ2v) is 6.85. The van der Waals surface area contributed by atoms with Crippen LogP contribution in [-0.2, 0) is 0 Å². The summed E-state index contributed by atoms with van der Waals surface area (Å²) in [7, 11) is 0. The molecular formula is C22H28O5.